The largest absolute Gasteiger partial charge is 0.384 e. The summed E-state index contributed by atoms with van der Waals surface area (Å²) < 4.78 is 0. The predicted octanol–water partition coefficient (Wildman–Crippen LogP) is 2.60. The lowest BCUT2D eigenvalue weighted by Gasteiger charge is -2.19. The Labute approximate surface area is 122 Å². The highest BCUT2D eigenvalue weighted by atomic mass is 32.1. The van der Waals surface area contributed by atoms with Crippen molar-refractivity contribution in [2.75, 3.05) is 18.6 Å². The minimum absolute atomic E-state index is 0.130. The molecular weight excluding hydrogens is 268 g/mol. The Hall–Kier alpha value is -2.27. The van der Waals surface area contributed by atoms with Crippen LogP contribution < -0.4 is 4.90 Å². The van der Waals surface area contributed by atoms with Gasteiger partial charge in [0.2, 0.25) is 0 Å². The molecule has 0 saturated heterocycles. The van der Waals surface area contributed by atoms with E-state index >= 15 is 0 Å². The summed E-state index contributed by atoms with van der Waals surface area (Å²) >= 11 is 1.64. The van der Waals surface area contributed by atoms with Crippen LogP contribution in [-0.4, -0.2) is 18.8 Å². The average Bonchev–Trinajstić information content (AvgIpc) is 2.92. The van der Waals surface area contributed by atoms with Crippen molar-refractivity contribution in [1.29, 1.82) is 5.26 Å². The third-order valence-electron chi connectivity index (χ3n) is 2.84. The molecule has 1 N–H and O–H groups in total. The second kappa shape index (κ2) is 6.77. The number of benzene rings is 1. The van der Waals surface area contributed by atoms with E-state index < -0.39 is 0 Å². The topological polar surface area (TPSA) is 47.3 Å². The zero-order valence-corrected chi connectivity index (χ0v) is 11.9. The monoisotopic (exact) mass is 282 g/mol. The predicted molar refractivity (Wildman–Crippen MR) is 81.5 cm³/mol. The van der Waals surface area contributed by atoms with Crippen LogP contribution in [0.25, 0.3) is 0 Å². The third kappa shape index (κ3) is 3.39. The van der Waals surface area contributed by atoms with Gasteiger partial charge in [-0.3, -0.25) is 0 Å². The summed E-state index contributed by atoms with van der Waals surface area (Å²) in [5.74, 6) is 5.63. The van der Waals surface area contributed by atoms with Crippen molar-refractivity contribution in [2.45, 2.75) is 6.54 Å². The van der Waals surface area contributed by atoms with E-state index in [1.54, 1.807) is 17.4 Å². The number of rotatable bonds is 3. The molecule has 2 aromatic rings. The van der Waals surface area contributed by atoms with Crippen molar-refractivity contribution in [3.8, 4) is 17.9 Å². The van der Waals surface area contributed by atoms with Crippen LogP contribution in [0.3, 0.4) is 0 Å². The van der Waals surface area contributed by atoms with Gasteiger partial charge >= 0.3 is 0 Å². The number of hydrogen-bond donors (Lipinski definition) is 1. The molecule has 0 amide bonds. The van der Waals surface area contributed by atoms with Gasteiger partial charge in [-0.25, -0.2) is 0 Å². The number of aliphatic hydroxyl groups is 1. The average molecular weight is 282 g/mol. The second-order valence-corrected chi connectivity index (χ2v) is 5.24. The van der Waals surface area contributed by atoms with Gasteiger partial charge in [0.25, 0.3) is 0 Å². The molecule has 0 aliphatic rings. The summed E-state index contributed by atoms with van der Waals surface area (Å²) in [4.78, 5) is 3.23. The molecule has 0 aliphatic heterocycles. The molecule has 1 aromatic carbocycles. The molecule has 20 heavy (non-hydrogen) atoms. The van der Waals surface area contributed by atoms with E-state index in [2.05, 4.69) is 22.8 Å². The first-order valence-corrected chi connectivity index (χ1v) is 7.00. The lowest BCUT2D eigenvalue weighted by Crippen LogP contribution is -2.16. The first kappa shape index (κ1) is 14.1. The summed E-state index contributed by atoms with van der Waals surface area (Å²) in [6.07, 6.45) is 0. The van der Waals surface area contributed by atoms with E-state index in [9.17, 15) is 0 Å². The molecule has 100 valence electrons. The van der Waals surface area contributed by atoms with E-state index in [1.807, 2.05) is 36.7 Å². The number of aliphatic hydroxyl groups excluding tert-OH is 1. The molecule has 1 aromatic heterocycles. The lowest BCUT2D eigenvalue weighted by atomic mass is 10.2. The van der Waals surface area contributed by atoms with Gasteiger partial charge in [-0.15, -0.1) is 11.3 Å². The van der Waals surface area contributed by atoms with E-state index in [1.165, 1.54) is 0 Å². The minimum Gasteiger partial charge on any atom is -0.384 e. The lowest BCUT2D eigenvalue weighted by molar-refractivity contribution is 0.350. The molecule has 3 nitrogen and oxygen atoms in total. The Bertz CT molecular complexity index is 688. The Morgan fingerprint density at radius 3 is 2.95 bits per heavy atom. The van der Waals surface area contributed by atoms with Crippen molar-refractivity contribution in [3.63, 3.8) is 0 Å². The molecule has 0 aliphatic carbocycles. The summed E-state index contributed by atoms with van der Waals surface area (Å²) in [6.45, 7) is 0.595. The van der Waals surface area contributed by atoms with Gasteiger partial charge in [-0.05, 0) is 29.6 Å². The van der Waals surface area contributed by atoms with Gasteiger partial charge in [-0.2, -0.15) is 5.26 Å². The first-order chi connectivity index (χ1) is 9.74. The van der Waals surface area contributed by atoms with Gasteiger partial charge in [0, 0.05) is 23.2 Å². The molecular formula is C16H14N2OS. The Kier molecular flexibility index (Phi) is 4.79. The maximum absolute atomic E-state index is 8.93. The standard InChI is InChI=1S/C16H14N2OS/c1-18(15-6-2-4-13(10-15)11-17)12-16-14(5-3-8-19)7-9-20-16/h2,4,6-7,9-10,19H,8,12H2,1H3. The molecule has 0 saturated carbocycles. The fourth-order valence-corrected chi connectivity index (χ4v) is 2.71. The SMILES string of the molecule is CN(Cc1sccc1C#CCO)c1cccc(C#N)c1. The van der Waals surface area contributed by atoms with Crippen LogP contribution in [0.15, 0.2) is 35.7 Å². The fraction of sp³-hybridized carbons (Fsp3) is 0.188. The molecule has 2 rings (SSSR count). The number of nitriles is 1. The second-order valence-electron chi connectivity index (χ2n) is 4.24. The minimum atomic E-state index is -0.130. The van der Waals surface area contributed by atoms with Gasteiger partial charge in [-0.1, -0.05) is 17.9 Å². The smallest absolute Gasteiger partial charge is 0.104 e. The summed E-state index contributed by atoms with van der Waals surface area (Å²) in [5.41, 5.74) is 2.60. The normalized spacial score (nSPS) is 9.45. The van der Waals surface area contributed by atoms with Crippen molar-refractivity contribution in [3.05, 3.63) is 51.7 Å². The maximum atomic E-state index is 8.93. The van der Waals surface area contributed by atoms with Crippen LogP contribution in [0.2, 0.25) is 0 Å². The van der Waals surface area contributed by atoms with Crippen LogP contribution in [0.1, 0.15) is 16.0 Å². The van der Waals surface area contributed by atoms with Gasteiger partial charge < -0.3 is 10.0 Å². The first-order valence-electron chi connectivity index (χ1n) is 6.12. The van der Waals surface area contributed by atoms with Crippen LogP contribution >= 0.6 is 11.3 Å². The fourth-order valence-electron chi connectivity index (χ4n) is 1.83. The van der Waals surface area contributed by atoms with Gasteiger partial charge in [0.1, 0.15) is 6.61 Å². The van der Waals surface area contributed by atoms with Crippen LogP contribution in [0, 0.1) is 23.2 Å². The Morgan fingerprint density at radius 1 is 1.35 bits per heavy atom. The van der Waals surface area contributed by atoms with E-state index in [4.69, 9.17) is 10.4 Å². The van der Waals surface area contributed by atoms with Crippen molar-refractivity contribution < 1.29 is 5.11 Å². The molecule has 0 bridgehead atoms. The Morgan fingerprint density at radius 2 is 2.20 bits per heavy atom. The molecule has 0 unspecified atom stereocenters. The number of anilines is 1. The molecule has 0 atom stereocenters. The molecule has 0 spiro atoms. The number of hydrogen-bond acceptors (Lipinski definition) is 4. The van der Waals surface area contributed by atoms with Gasteiger partial charge in [0.05, 0.1) is 18.2 Å². The highest BCUT2D eigenvalue weighted by molar-refractivity contribution is 7.10. The van der Waals surface area contributed by atoms with Crippen molar-refractivity contribution in [2.24, 2.45) is 0 Å². The summed E-state index contributed by atoms with van der Waals surface area (Å²) in [6, 6.07) is 11.6. The third-order valence-corrected chi connectivity index (χ3v) is 3.75. The van der Waals surface area contributed by atoms with E-state index in [-0.39, 0.29) is 6.61 Å². The molecule has 0 radical (unpaired) electrons. The molecule has 0 fully saturated rings. The highest BCUT2D eigenvalue weighted by Crippen LogP contribution is 2.22. The number of nitrogens with zero attached hydrogens (tertiary/aromatic N) is 2. The van der Waals surface area contributed by atoms with Crippen LogP contribution in [-0.2, 0) is 6.54 Å². The van der Waals surface area contributed by atoms with E-state index in [0.29, 0.717) is 5.56 Å². The zero-order chi connectivity index (χ0) is 14.4. The van der Waals surface area contributed by atoms with Gasteiger partial charge in [0.15, 0.2) is 0 Å². The Balaban J connectivity index is 2.17. The maximum Gasteiger partial charge on any atom is 0.104 e. The van der Waals surface area contributed by atoms with E-state index in [0.717, 1.165) is 22.7 Å². The summed E-state index contributed by atoms with van der Waals surface area (Å²) in [5, 5.41) is 19.7. The molecule has 1 heterocycles. The molecule has 4 heteroatoms. The highest BCUT2D eigenvalue weighted by Gasteiger charge is 2.07. The quantitative estimate of drug-likeness (QED) is 0.880. The number of thiophene rings is 1. The zero-order valence-electron chi connectivity index (χ0n) is 11.1. The van der Waals surface area contributed by atoms with Crippen LogP contribution in [0.5, 0.6) is 0 Å². The van der Waals surface area contributed by atoms with Crippen molar-refractivity contribution >= 4 is 17.0 Å². The van der Waals surface area contributed by atoms with Crippen molar-refractivity contribution in [1.82, 2.24) is 0 Å². The summed E-state index contributed by atoms with van der Waals surface area (Å²) in [7, 11) is 1.99. The van der Waals surface area contributed by atoms with Crippen LogP contribution in [0.4, 0.5) is 5.69 Å².